The summed E-state index contributed by atoms with van der Waals surface area (Å²) in [6.07, 6.45) is -1.29. The van der Waals surface area contributed by atoms with Crippen molar-refractivity contribution in [3.05, 3.63) is 0 Å². The lowest BCUT2D eigenvalue weighted by molar-refractivity contribution is -0.269. The van der Waals surface area contributed by atoms with E-state index in [4.69, 9.17) is 6.42 Å². The van der Waals surface area contributed by atoms with Gasteiger partial charge >= 0.3 is 12.1 Å². The minimum Gasteiger partial charge on any atom is -0.350 e. The number of halogens is 5. The summed E-state index contributed by atoms with van der Waals surface area (Å²) in [6, 6.07) is 0. The molecule has 0 atom stereocenters. The molecule has 0 radical (unpaired) electrons. The summed E-state index contributed by atoms with van der Waals surface area (Å²) in [7, 11) is 0. The number of hydrogen-bond acceptors (Lipinski definition) is 1. The number of alkyl halides is 5. The zero-order valence-corrected chi connectivity index (χ0v) is 6.79. The highest BCUT2D eigenvalue weighted by Gasteiger charge is 2.63. The zero-order chi connectivity index (χ0) is 11.4. The lowest BCUT2D eigenvalue weighted by atomic mass is 10.3. The molecule has 0 spiro atoms. The summed E-state index contributed by atoms with van der Waals surface area (Å²) in [6.45, 7) is -0.416. The second kappa shape index (κ2) is 4.26. The van der Waals surface area contributed by atoms with Crippen LogP contribution in [0.1, 0.15) is 6.42 Å². The van der Waals surface area contributed by atoms with Gasteiger partial charge in [-0.3, -0.25) is 4.79 Å². The number of nitrogens with one attached hydrogen (secondary N) is 1. The molecule has 1 N–H and O–H groups in total. The van der Waals surface area contributed by atoms with E-state index in [0.29, 0.717) is 0 Å². The lowest BCUT2D eigenvalue weighted by Crippen LogP contribution is -2.50. The van der Waals surface area contributed by atoms with Crippen LogP contribution in [-0.4, -0.2) is 24.6 Å². The average molecular weight is 215 g/mol. The van der Waals surface area contributed by atoms with E-state index in [1.165, 1.54) is 5.32 Å². The minimum atomic E-state index is -5.88. The molecule has 0 aromatic rings. The normalized spacial score (nSPS) is 12.0. The summed E-state index contributed by atoms with van der Waals surface area (Å²) in [5, 5.41) is 1.38. The van der Waals surface area contributed by atoms with Gasteiger partial charge in [0.1, 0.15) is 0 Å². The van der Waals surface area contributed by atoms with Gasteiger partial charge in [-0.15, -0.1) is 12.3 Å². The van der Waals surface area contributed by atoms with Crippen molar-refractivity contribution in [2.75, 3.05) is 6.54 Å². The van der Waals surface area contributed by atoms with Crippen molar-refractivity contribution in [2.45, 2.75) is 18.5 Å². The summed E-state index contributed by atoms with van der Waals surface area (Å²) < 4.78 is 59.0. The van der Waals surface area contributed by atoms with Crippen LogP contribution in [0.15, 0.2) is 0 Å². The highest BCUT2D eigenvalue weighted by molar-refractivity contribution is 5.84. The van der Waals surface area contributed by atoms with Crippen LogP contribution in [0.3, 0.4) is 0 Å². The van der Waals surface area contributed by atoms with Crippen LogP contribution in [0.4, 0.5) is 22.0 Å². The molecule has 0 saturated carbocycles. The third kappa shape index (κ3) is 2.87. The fourth-order valence-corrected chi connectivity index (χ4v) is 0.488. The third-order valence-corrected chi connectivity index (χ3v) is 1.20. The standard InChI is InChI=1S/C7H6F5NO/c1-2-3-4-13-5(14)6(8,9)7(10,11)12/h1H,3-4H2,(H,13,14). The van der Waals surface area contributed by atoms with Crippen LogP contribution in [0.2, 0.25) is 0 Å². The van der Waals surface area contributed by atoms with Gasteiger partial charge in [0.05, 0.1) is 0 Å². The minimum absolute atomic E-state index is 0.111. The second-order valence-electron chi connectivity index (χ2n) is 2.28. The van der Waals surface area contributed by atoms with Gasteiger partial charge in [0.2, 0.25) is 0 Å². The molecular formula is C7H6F5NO. The van der Waals surface area contributed by atoms with Crippen molar-refractivity contribution >= 4 is 5.91 Å². The van der Waals surface area contributed by atoms with Gasteiger partial charge in [-0.25, -0.2) is 0 Å². The van der Waals surface area contributed by atoms with E-state index in [9.17, 15) is 26.7 Å². The monoisotopic (exact) mass is 215 g/mol. The molecule has 0 fully saturated rings. The molecule has 0 bridgehead atoms. The zero-order valence-electron chi connectivity index (χ0n) is 6.79. The molecule has 80 valence electrons. The Bertz CT molecular complexity index is 252. The topological polar surface area (TPSA) is 29.1 Å². The molecule has 0 aliphatic carbocycles. The molecular weight excluding hydrogens is 209 g/mol. The van der Waals surface area contributed by atoms with E-state index < -0.39 is 24.6 Å². The first-order valence-corrected chi connectivity index (χ1v) is 3.39. The smallest absolute Gasteiger partial charge is 0.350 e. The van der Waals surface area contributed by atoms with Crippen molar-refractivity contribution in [3.63, 3.8) is 0 Å². The Morgan fingerprint density at radius 2 is 1.79 bits per heavy atom. The van der Waals surface area contributed by atoms with Crippen molar-refractivity contribution in [1.82, 2.24) is 5.32 Å². The Morgan fingerprint density at radius 3 is 2.14 bits per heavy atom. The van der Waals surface area contributed by atoms with Crippen LogP contribution >= 0.6 is 0 Å². The number of carbonyl (C=O) groups is 1. The van der Waals surface area contributed by atoms with Gasteiger partial charge in [-0.05, 0) is 0 Å². The maximum Gasteiger partial charge on any atom is 0.463 e. The maximum absolute atomic E-state index is 12.2. The molecule has 0 aliphatic rings. The molecule has 0 heterocycles. The first-order valence-electron chi connectivity index (χ1n) is 3.39. The first kappa shape index (κ1) is 12.7. The van der Waals surface area contributed by atoms with E-state index in [1.54, 1.807) is 0 Å². The summed E-state index contributed by atoms with van der Waals surface area (Å²) in [5.41, 5.74) is 0. The molecule has 7 heteroatoms. The molecule has 0 rings (SSSR count). The summed E-state index contributed by atoms with van der Waals surface area (Å²) in [5.74, 6) is -5.79. The van der Waals surface area contributed by atoms with Gasteiger partial charge in [-0.1, -0.05) is 0 Å². The highest BCUT2D eigenvalue weighted by atomic mass is 19.4. The molecule has 2 nitrogen and oxygen atoms in total. The average Bonchev–Trinajstić information content (AvgIpc) is 2.02. The second-order valence-corrected chi connectivity index (χ2v) is 2.28. The predicted molar refractivity (Wildman–Crippen MR) is 37.5 cm³/mol. The highest BCUT2D eigenvalue weighted by Crippen LogP contribution is 2.35. The van der Waals surface area contributed by atoms with Crippen LogP contribution in [0, 0.1) is 12.3 Å². The van der Waals surface area contributed by atoms with Gasteiger partial charge in [0.15, 0.2) is 0 Å². The fraction of sp³-hybridized carbons (Fsp3) is 0.571. The third-order valence-electron chi connectivity index (χ3n) is 1.20. The molecule has 0 aliphatic heterocycles. The lowest BCUT2D eigenvalue weighted by Gasteiger charge is -2.18. The molecule has 0 saturated heterocycles. The number of hydrogen-bond donors (Lipinski definition) is 1. The van der Waals surface area contributed by atoms with Gasteiger partial charge < -0.3 is 5.32 Å². The first-order chi connectivity index (χ1) is 6.23. The molecule has 14 heavy (non-hydrogen) atoms. The van der Waals surface area contributed by atoms with Crippen molar-refractivity contribution in [2.24, 2.45) is 0 Å². The molecule has 1 amide bonds. The molecule has 0 unspecified atom stereocenters. The number of rotatable bonds is 3. The molecule has 0 aromatic carbocycles. The van der Waals surface area contributed by atoms with Crippen LogP contribution in [-0.2, 0) is 4.79 Å². The summed E-state index contributed by atoms with van der Waals surface area (Å²) in [4.78, 5) is 10.3. The van der Waals surface area contributed by atoms with E-state index in [0.717, 1.165) is 0 Å². The Morgan fingerprint density at radius 1 is 1.29 bits per heavy atom. The Balaban J connectivity index is 4.32. The van der Waals surface area contributed by atoms with Gasteiger partial charge in [0.25, 0.3) is 5.91 Å². The SMILES string of the molecule is C#CCCNC(=O)C(F)(F)C(F)(F)F. The Labute approximate surface area is 76.5 Å². The van der Waals surface area contributed by atoms with E-state index in [1.807, 2.05) is 5.92 Å². The van der Waals surface area contributed by atoms with E-state index >= 15 is 0 Å². The summed E-state index contributed by atoms with van der Waals surface area (Å²) >= 11 is 0. The fourth-order valence-electron chi connectivity index (χ4n) is 0.488. The van der Waals surface area contributed by atoms with Crippen molar-refractivity contribution < 1.29 is 26.7 Å². The number of amides is 1. The van der Waals surface area contributed by atoms with E-state index in [2.05, 4.69) is 0 Å². The Hall–Kier alpha value is -1.32. The predicted octanol–water partition coefficient (Wildman–Crippen LogP) is 1.32. The van der Waals surface area contributed by atoms with Crippen LogP contribution in [0.25, 0.3) is 0 Å². The molecule has 0 aromatic heterocycles. The maximum atomic E-state index is 12.2. The quantitative estimate of drug-likeness (QED) is 0.429. The van der Waals surface area contributed by atoms with Crippen LogP contribution < -0.4 is 5.32 Å². The van der Waals surface area contributed by atoms with Crippen LogP contribution in [0.5, 0.6) is 0 Å². The van der Waals surface area contributed by atoms with Gasteiger partial charge in [-0.2, -0.15) is 22.0 Å². The number of terminal acetylenes is 1. The Kier molecular flexibility index (Phi) is 3.86. The van der Waals surface area contributed by atoms with Crippen molar-refractivity contribution in [3.8, 4) is 12.3 Å². The van der Waals surface area contributed by atoms with E-state index in [-0.39, 0.29) is 6.42 Å². The largest absolute Gasteiger partial charge is 0.463 e. The van der Waals surface area contributed by atoms with Gasteiger partial charge in [0, 0.05) is 13.0 Å². The number of carbonyl (C=O) groups excluding carboxylic acids is 1. The van der Waals surface area contributed by atoms with Crippen molar-refractivity contribution in [1.29, 1.82) is 0 Å².